The summed E-state index contributed by atoms with van der Waals surface area (Å²) in [5.74, 6) is 1.89. The van der Waals surface area contributed by atoms with E-state index in [9.17, 15) is 0 Å². The zero-order valence-corrected chi connectivity index (χ0v) is 25.1. The van der Waals surface area contributed by atoms with Gasteiger partial charge in [0.1, 0.15) is 0 Å². The summed E-state index contributed by atoms with van der Waals surface area (Å²) in [6.45, 7) is 5.90. The highest BCUT2D eigenvalue weighted by Gasteiger charge is 2.18. The van der Waals surface area contributed by atoms with Crippen molar-refractivity contribution in [2.24, 2.45) is 0 Å². The van der Waals surface area contributed by atoms with Crippen LogP contribution in [0.4, 0.5) is 0 Å². The molecule has 0 aliphatic carbocycles. The second-order valence-electron chi connectivity index (χ2n) is 10.9. The standard InChI is InChI=1S/C41H32N4/c1-3-16-29(17-4-2)39-42-40(30-18-6-5-7-19-30)44-41(43-39)33-22-10-8-20-31(33)28-32-21-9-13-25-36(32)45-37-26-14-11-23-34(37)35-24-12-15-27-38(35)45/h3-27H,1,28H2,2H3/b17-4-,29-16+. The van der Waals surface area contributed by atoms with Gasteiger partial charge in [0, 0.05) is 39.6 Å². The maximum absolute atomic E-state index is 5.03. The summed E-state index contributed by atoms with van der Waals surface area (Å²) >= 11 is 0. The highest BCUT2D eigenvalue weighted by Crippen LogP contribution is 2.34. The van der Waals surface area contributed by atoms with Crippen molar-refractivity contribution in [1.82, 2.24) is 19.5 Å². The number of para-hydroxylation sites is 3. The summed E-state index contributed by atoms with van der Waals surface area (Å²) in [7, 11) is 0. The summed E-state index contributed by atoms with van der Waals surface area (Å²) in [5.41, 5.74) is 8.71. The van der Waals surface area contributed by atoms with E-state index in [1.807, 2.05) is 55.5 Å². The Kier molecular flexibility index (Phi) is 7.69. The first-order valence-electron chi connectivity index (χ1n) is 15.2. The number of rotatable bonds is 8. The fraction of sp³-hybridized carbons (Fsp3) is 0.0488. The summed E-state index contributed by atoms with van der Waals surface area (Å²) in [5, 5.41) is 2.50. The molecule has 7 rings (SSSR count). The van der Waals surface area contributed by atoms with Crippen molar-refractivity contribution in [3.63, 3.8) is 0 Å². The Bertz CT molecular complexity index is 2170. The minimum atomic E-state index is 0.609. The quantitative estimate of drug-likeness (QED) is 0.168. The molecule has 0 unspecified atom stereocenters. The fourth-order valence-electron chi connectivity index (χ4n) is 6.01. The van der Waals surface area contributed by atoms with E-state index >= 15 is 0 Å². The number of hydrogen-bond acceptors (Lipinski definition) is 3. The topological polar surface area (TPSA) is 43.6 Å². The SMILES string of the molecule is C=C/C=C(\C=C/C)c1nc(-c2ccccc2)nc(-c2ccccc2Cc2ccccc2-n2c3ccccc3c3ccccc32)n1. The van der Waals surface area contributed by atoms with Gasteiger partial charge in [0.25, 0.3) is 0 Å². The van der Waals surface area contributed by atoms with Crippen molar-refractivity contribution < 1.29 is 0 Å². The predicted octanol–water partition coefficient (Wildman–Crippen LogP) is 10.0. The van der Waals surface area contributed by atoms with Crippen molar-refractivity contribution >= 4 is 27.4 Å². The van der Waals surface area contributed by atoms with E-state index in [0.29, 0.717) is 23.9 Å². The van der Waals surface area contributed by atoms with Crippen molar-refractivity contribution in [1.29, 1.82) is 0 Å². The average Bonchev–Trinajstić information content (AvgIpc) is 3.43. The molecule has 0 saturated carbocycles. The monoisotopic (exact) mass is 580 g/mol. The Morgan fingerprint density at radius 2 is 1.24 bits per heavy atom. The summed E-state index contributed by atoms with van der Waals surface area (Å²) in [6, 6.07) is 44.4. The van der Waals surface area contributed by atoms with E-state index in [4.69, 9.17) is 15.0 Å². The van der Waals surface area contributed by atoms with Gasteiger partial charge in [0.05, 0.1) is 11.0 Å². The van der Waals surface area contributed by atoms with Gasteiger partial charge in [-0.25, -0.2) is 15.0 Å². The predicted molar refractivity (Wildman–Crippen MR) is 187 cm³/mol. The van der Waals surface area contributed by atoms with Gasteiger partial charge in [0.2, 0.25) is 0 Å². The number of allylic oxidation sites excluding steroid dienone is 5. The zero-order chi connectivity index (χ0) is 30.6. The Hall–Kier alpha value is -5.87. The van der Waals surface area contributed by atoms with Crippen molar-refractivity contribution in [2.45, 2.75) is 13.3 Å². The second-order valence-corrected chi connectivity index (χ2v) is 10.9. The molecule has 0 aliphatic rings. The lowest BCUT2D eigenvalue weighted by atomic mass is 9.97. The van der Waals surface area contributed by atoms with Crippen LogP contribution < -0.4 is 0 Å². The smallest absolute Gasteiger partial charge is 0.164 e. The Morgan fingerprint density at radius 3 is 1.96 bits per heavy atom. The maximum Gasteiger partial charge on any atom is 0.164 e. The van der Waals surface area contributed by atoms with E-state index in [0.717, 1.165) is 28.0 Å². The molecule has 0 aliphatic heterocycles. The van der Waals surface area contributed by atoms with Crippen LogP contribution in [-0.2, 0) is 6.42 Å². The molecule has 0 radical (unpaired) electrons. The first kappa shape index (κ1) is 27.9. The third-order valence-electron chi connectivity index (χ3n) is 8.02. The van der Waals surface area contributed by atoms with Crippen LogP contribution in [0, 0.1) is 0 Å². The molecular formula is C41H32N4. The van der Waals surface area contributed by atoms with Gasteiger partial charge >= 0.3 is 0 Å². The van der Waals surface area contributed by atoms with Gasteiger partial charge in [-0.3, -0.25) is 0 Å². The lowest BCUT2D eigenvalue weighted by Crippen LogP contribution is -2.05. The molecule has 216 valence electrons. The van der Waals surface area contributed by atoms with E-state index in [-0.39, 0.29) is 0 Å². The molecule has 5 aromatic carbocycles. The lowest BCUT2D eigenvalue weighted by molar-refractivity contribution is 1.03. The molecule has 0 fully saturated rings. The molecule has 2 heterocycles. The highest BCUT2D eigenvalue weighted by molar-refractivity contribution is 6.09. The first-order chi connectivity index (χ1) is 22.2. The number of benzene rings is 5. The van der Waals surface area contributed by atoms with Crippen LogP contribution in [0.5, 0.6) is 0 Å². The number of nitrogens with zero attached hydrogens (tertiary/aromatic N) is 4. The van der Waals surface area contributed by atoms with Gasteiger partial charge in [0.15, 0.2) is 17.5 Å². The Morgan fingerprint density at radius 1 is 0.644 bits per heavy atom. The molecule has 0 N–H and O–H groups in total. The normalized spacial score (nSPS) is 11.9. The van der Waals surface area contributed by atoms with Crippen LogP contribution in [0.15, 0.2) is 158 Å². The van der Waals surface area contributed by atoms with Gasteiger partial charge in [-0.2, -0.15) is 0 Å². The van der Waals surface area contributed by atoms with Crippen molar-refractivity contribution in [3.05, 3.63) is 175 Å². The van der Waals surface area contributed by atoms with Crippen LogP contribution in [0.2, 0.25) is 0 Å². The third kappa shape index (κ3) is 5.39. The molecule has 4 heteroatoms. The van der Waals surface area contributed by atoms with Gasteiger partial charge in [-0.15, -0.1) is 0 Å². The molecular weight excluding hydrogens is 548 g/mol. The Labute approximate surface area is 263 Å². The third-order valence-corrected chi connectivity index (χ3v) is 8.02. The molecule has 0 atom stereocenters. The van der Waals surface area contributed by atoms with E-state index in [1.54, 1.807) is 6.08 Å². The maximum atomic E-state index is 5.03. The molecule has 0 saturated heterocycles. The van der Waals surface area contributed by atoms with Gasteiger partial charge in [-0.05, 0) is 36.2 Å². The van der Waals surface area contributed by atoms with E-state index in [1.165, 1.54) is 27.4 Å². The lowest BCUT2D eigenvalue weighted by Gasteiger charge is -2.16. The van der Waals surface area contributed by atoms with Crippen LogP contribution in [0.3, 0.4) is 0 Å². The number of aromatic nitrogens is 4. The summed E-state index contributed by atoms with van der Waals surface area (Å²) in [6.07, 6.45) is 8.39. The molecule has 0 spiro atoms. The molecule has 0 amide bonds. The van der Waals surface area contributed by atoms with Crippen LogP contribution >= 0.6 is 0 Å². The van der Waals surface area contributed by atoms with E-state index in [2.05, 4.69) is 108 Å². The van der Waals surface area contributed by atoms with Gasteiger partial charge < -0.3 is 4.57 Å². The van der Waals surface area contributed by atoms with Gasteiger partial charge in [-0.1, -0.05) is 140 Å². The summed E-state index contributed by atoms with van der Waals surface area (Å²) in [4.78, 5) is 15.0. The van der Waals surface area contributed by atoms with Crippen LogP contribution in [0.1, 0.15) is 23.9 Å². The number of fused-ring (bicyclic) bond motifs is 3. The zero-order valence-electron chi connectivity index (χ0n) is 25.1. The molecule has 0 bridgehead atoms. The first-order valence-corrected chi connectivity index (χ1v) is 15.2. The molecule has 45 heavy (non-hydrogen) atoms. The molecule has 7 aromatic rings. The Balaban J connectivity index is 1.39. The second kappa shape index (κ2) is 12.4. The molecule has 2 aromatic heterocycles. The fourth-order valence-corrected chi connectivity index (χ4v) is 6.01. The van der Waals surface area contributed by atoms with Crippen LogP contribution in [0.25, 0.3) is 55.8 Å². The van der Waals surface area contributed by atoms with E-state index < -0.39 is 0 Å². The highest BCUT2D eigenvalue weighted by atomic mass is 15.0. The molecule has 4 nitrogen and oxygen atoms in total. The largest absolute Gasteiger partial charge is 0.309 e. The van der Waals surface area contributed by atoms with Crippen molar-refractivity contribution in [2.75, 3.05) is 0 Å². The van der Waals surface area contributed by atoms with Crippen LogP contribution in [-0.4, -0.2) is 19.5 Å². The average molecular weight is 581 g/mol. The summed E-state index contributed by atoms with van der Waals surface area (Å²) < 4.78 is 2.39. The van der Waals surface area contributed by atoms with Crippen molar-refractivity contribution in [3.8, 4) is 28.5 Å². The minimum Gasteiger partial charge on any atom is -0.309 e. The number of hydrogen-bond donors (Lipinski definition) is 0. The minimum absolute atomic E-state index is 0.609.